The van der Waals surface area contributed by atoms with Gasteiger partial charge in [-0.2, -0.15) is 0 Å². The lowest BCUT2D eigenvalue weighted by Gasteiger charge is -2.09. The highest BCUT2D eigenvalue weighted by molar-refractivity contribution is 7.98. The summed E-state index contributed by atoms with van der Waals surface area (Å²) in [5.41, 5.74) is 2.18. The van der Waals surface area contributed by atoms with E-state index < -0.39 is 0 Å². The molecule has 0 spiro atoms. The highest BCUT2D eigenvalue weighted by Crippen LogP contribution is 2.23. The summed E-state index contributed by atoms with van der Waals surface area (Å²) in [6, 6.07) is 14.6. The number of hydrogen-bond acceptors (Lipinski definition) is 4. The van der Waals surface area contributed by atoms with Crippen molar-refractivity contribution in [2.75, 3.05) is 0 Å². The van der Waals surface area contributed by atoms with Crippen LogP contribution in [0.2, 0.25) is 0 Å². The van der Waals surface area contributed by atoms with E-state index in [0.29, 0.717) is 18.9 Å². The Bertz CT molecular complexity index is 893. The van der Waals surface area contributed by atoms with Gasteiger partial charge in [0, 0.05) is 12.3 Å². The van der Waals surface area contributed by atoms with E-state index in [1.807, 2.05) is 22.8 Å². The zero-order valence-electron chi connectivity index (χ0n) is 15.3. The fourth-order valence-electron chi connectivity index (χ4n) is 2.59. The van der Waals surface area contributed by atoms with Gasteiger partial charge in [-0.3, -0.25) is 4.57 Å². The van der Waals surface area contributed by atoms with Crippen molar-refractivity contribution in [1.82, 2.24) is 14.8 Å². The first kappa shape index (κ1) is 19.2. The molecule has 140 valence electrons. The van der Waals surface area contributed by atoms with Gasteiger partial charge in [0.05, 0.1) is 0 Å². The summed E-state index contributed by atoms with van der Waals surface area (Å²) in [6.07, 6.45) is 2.80. The Labute approximate surface area is 163 Å². The molecule has 27 heavy (non-hydrogen) atoms. The molecule has 0 amide bonds. The smallest absolute Gasteiger partial charge is 0.191 e. The summed E-state index contributed by atoms with van der Waals surface area (Å²) in [5, 5.41) is 9.29. The van der Waals surface area contributed by atoms with Crippen LogP contribution in [-0.2, 0) is 25.3 Å². The Balaban J connectivity index is 1.67. The predicted octanol–water partition coefficient (Wildman–Crippen LogP) is 5.04. The molecule has 0 unspecified atom stereocenters. The minimum absolute atomic E-state index is 0.233. The number of allylic oxidation sites excluding steroid dienone is 1. The largest absolute Gasteiger partial charge is 0.486 e. The van der Waals surface area contributed by atoms with Crippen molar-refractivity contribution >= 4 is 11.8 Å². The lowest BCUT2D eigenvalue weighted by Crippen LogP contribution is -2.07. The van der Waals surface area contributed by atoms with Crippen molar-refractivity contribution in [3.8, 4) is 5.75 Å². The van der Waals surface area contributed by atoms with Gasteiger partial charge in [-0.25, -0.2) is 4.39 Å². The molecule has 1 aromatic heterocycles. The first-order valence-corrected chi connectivity index (χ1v) is 9.80. The first-order chi connectivity index (χ1) is 13.2. The quantitative estimate of drug-likeness (QED) is 0.383. The van der Waals surface area contributed by atoms with E-state index in [0.717, 1.165) is 28.7 Å². The van der Waals surface area contributed by atoms with E-state index in [1.54, 1.807) is 12.1 Å². The third-order valence-corrected chi connectivity index (χ3v) is 5.10. The van der Waals surface area contributed by atoms with Gasteiger partial charge < -0.3 is 4.74 Å². The number of rotatable bonds is 9. The first-order valence-electron chi connectivity index (χ1n) is 8.81. The van der Waals surface area contributed by atoms with Crippen LogP contribution < -0.4 is 4.74 Å². The second-order valence-corrected chi connectivity index (χ2v) is 6.95. The van der Waals surface area contributed by atoms with Gasteiger partial charge in [-0.1, -0.05) is 49.0 Å². The molecule has 0 saturated heterocycles. The number of halogens is 1. The fourth-order valence-corrected chi connectivity index (χ4v) is 3.50. The van der Waals surface area contributed by atoms with E-state index in [2.05, 4.69) is 35.8 Å². The van der Waals surface area contributed by atoms with Crippen molar-refractivity contribution < 1.29 is 9.13 Å². The Hall–Kier alpha value is -2.60. The van der Waals surface area contributed by atoms with Gasteiger partial charge in [0.25, 0.3) is 0 Å². The summed E-state index contributed by atoms with van der Waals surface area (Å²) in [7, 11) is 0. The van der Waals surface area contributed by atoms with Crippen molar-refractivity contribution in [1.29, 1.82) is 0 Å². The van der Waals surface area contributed by atoms with Gasteiger partial charge in [-0.05, 0) is 41.8 Å². The van der Waals surface area contributed by atoms with Crippen LogP contribution in [0.25, 0.3) is 0 Å². The van der Waals surface area contributed by atoms with Crippen LogP contribution >= 0.6 is 11.8 Å². The van der Waals surface area contributed by atoms with Crippen LogP contribution in [0.15, 0.2) is 66.3 Å². The number of benzene rings is 2. The Morgan fingerprint density at radius 2 is 1.96 bits per heavy atom. The molecule has 0 atom stereocenters. The Morgan fingerprint density at radius 3 is 2.67 bits per heavy atom. The summed E-state index contributed by atoms with van der Waals surface area (Å²) in [6.45, 7) is 6.85. The molecule has 0 radical (unpaired) electrons. The fraction of sp³-hybridized carbons (Fsp3) is 0.238. The summed E-state index contributed by atoms with van der Waals surface area (Å²) in [4.78, 5) is 0. The van der Waals surface area contributed by atoms with Crippen LogP contribution in [0.3, 0.4) is 0 Å². The molecular weight excluding hydrogens is 361 g/mol. The standard InChI is InChI=1S/C21H22FN3OS/c1-3-12-25-20(14-26-19-10-8-16(4-2)9-11-19)23-24-21(25)27-15-17-6-5-7-18(22)13-17/h3,5-11,13H,1,4,12,14-15H2,2H3. The highest BCUT2D eigenvalue weighted by atomic mass is 32.2. The van der Waals surface area contributed by atoms with E-state index in [-0.39, 0.29) is 5.82 Å². The number of hydrogen-bond donors (Lipinski definition) is 0. The minimum atomic E-state index is -0.233. The van der Waals surface area contributed by atoms with Crippen LogP contribution in [0.5, 0.6) is 5.75 Å². The molecule has 2 aromatic carbocycles. The van der Waals surface area contributed by atoms with Crippen LogP contribution in [0.1, 0.15) is 23.9 Å². The number of ether oxygens (including phenoxy) is 1. The second kappa shape index (κ2) is 9.37. The molecule has 0 aliphatic heterocycles. The normalized spacial score (nSPS) is 10.7. The molecule has 3 aromatic rings. The third kappa shape index (κ3) is 5.20. The highest BCUT2D eigenvalue weighted by Gasteiger charge is 2.13. The number of nitrogens with zero attached hydrogens (tertiary/aromatic N) is 3. The van der Waals surface area contributed by atoms with Crippen molar-refractivity contribution in [2.24, 2.45) is 0 Å². The van der Waals surface area contributed by atoms with E-state index >= 15 is 0 Å². The zero-order valence-corrected chi connectivity index (χ0v) is 16.1. The molecule has 0 aliphatic carbocycles. The number of aryl methyl sites for hydroxylation is 1. The Morgan fingerprint density at radius 1 is 1.15 bits per heavy atom. The monoisotopic (exact) mass is 383 g/mol. The molecule has 0 N–H and O–H groups in total. The van der Waals surface area contributed by atoms with E-state index in [4.69, 9.17) is 4.74 Å². The maximum absolute atomic E-state index is 13.3. The second-order valence-electron chi connectivity index (χ2n) is 6.00. The van der Waals surface area contributed by atoms with E-state index in [9.17, 15) is 4.39 Å². The molecular formula is C21H22FN3OS. The van der Waals surface area contributed by atoms with Crippen LogP contribution in [0.4, 0.5) is 4.39 Å². The molecule has 0 fully saturated rings. The average molecular weight is 383 g/mol. The topological polar surface area (TPSA) is 39.9 Å². The van der Waals surface area contributed by atoms with Crippen molar-refractivity contribution in [3.05, 3.63) is 84.0 Å². The molecule has 0 bridgehead atoms. The van der Waals surface area contributed by atoms with Crippen molar-refractivity contribution in [3.63, 3.8) is 0 Å². The van der Waals surface area contributed by atoms with Gasteiger partial charge in [0.2, 0.25) is 0 Å². The Kier molecular flexibility index (Phi) is 6.65. The average Bonchev–Trinajstić information content (AvgIpc) is 3.07. The molecule has 6 heteroatoms. The van der Waals surface area contributed by atoms with Gasteiger partial charge >= 0.3 is 0 Å². The zero-order chi connectivity index (χ0) is 19.1. The summed E-state index contributed by atoms with van der Waals surface area (Å²) < 4.78 is 21.2. The van der Waals surface area contributed by atoms with Gasteiger partial charge in [0.1, 0.15) is 18.2 Å². The molecule has 0 aliphatic rings. The SMILES string of the molecule is C=CCn1c(COc2ccc(CC)cc2)nnc1SCc1cccc(F)c1. The molecule has 0 saturated carbocycles. The summed E-state index contributed by atoms with van der Waals surface area (Å²) >= 11 is 1.52. The van der Waals surface area contributed by atoms with Gasteiger partial charge in [-0.15, -0.1) is 16.8 Å². The predicted molar refractivity (Wildman–Crippen MR) is 106 cm³/mol. The van der Waals surface area contributed by atoms with E-state index in [1.165, 1.54) is 29.5 Å². The lowest BCUT2D eigenvalue weighted by atomic mass is 10.2. The number of thioether (sulfide) groups is 1. The maximum Gasteiger partial charge on any atom is 0.191 e. The molecule has 4 nitrogen and oxygen atoms in total. The molecule has 1 heterocycles. The molecule has 3 rings (SSSR count). The van der Waals surface area contributed by atoms with Crippen molar-refractivity contribution in [2.45, 2.75) is 37.4 Å². The van der Waals surface area contributed by atoms with Gasteiger partial charge in [0.15, 0.2) is 11.0 Å². The number of aromatic nitrogens is 3. The third-order valence-electron chi connectivity index (χ3n) is 4.06. The van der Waals surface area contributed by atoms with Crippen LogP contribution in [-0.4, -0.2) is 14.8 Å². The van der Waals surface area contributed by atoms with Crippen LogP contribution in [0, 0.1) is 5.82 Å². The minimum Gasteiger partial charge on any atom is -0.486 e. The summed E-state index contributed by atoms with van der Waals surface area (Å²) in [5.74, 6) is 1.92. The lowest BCUT2D eigenvalue weighted by molar-refractivity contribution is 0.289. The maximum atomic E-state index is 13.3.